The highest BCUT2D eigenvalue weighted by Gasteiger charge is 2.30. The zero-order valence-corrected chi connectivity index (χ0v) is 16.4. The van der Waals surface area contributed by atoms with Crippen molar-refractivity contribution in [3.63, 3.8) is 0 Å². The van der Waals surface area contributed by atoms with Crippen LogP contribution in [-0.2, 0) is 24.2 Å². The van der Waals surface area contributed by atoms with Gasteiger partial charge >= 0.3 is 0 Å². The molecule has 28 heavy (non-hydrogen) atoms. The van der Waals surface area contributed by atoms with Crippen molar-refractivity contribution >= 4 is 33.2 Å². The molecule has 2 heterocycles. The Kier molecular flexibility index (Phi) is 5.87. The van der Waals surface area contributed by atoms with Gasteiger partial charge in [0.1, 0.15) is 18.3 Å². The van der Waals surface area contributed by atoms with E-state index in [1.807, 2.05) is 0 Å². The minimum Gasteiger partial charge on any atom is -0.491 e. The number of hydrogen-bond donors (Lipinski definition) is 1. The average Bonchev–Trinajstić information content (AvgIpc) is 2.80. The van der Waals surface area contributed by atoms with Crippen LogP contribution in [0, 0.1) is 0 Å². The molecule has 3 amide bonds. The Labute approximate surface area is 163 Å². The normalized spacial score (nSPS) is 19.8. The summed E-state index contributed by atoms with van der Waals surface area (Å²) >= 11 is 0. The van der Waals surface area contributed by atoms with Crippen LogP contribution >= 0.6 is 0 Å². The van der Waals surface area contributed by atoms with E-state index in [0.29, 0.717) is 11.4 Å². The molecule has 1 saturated heterocycles. The number of ether oxygens (including phenoxy) is 1. The third-order valence-electron chi connectivity index (χ3n) is 4.74. The number of anilines is 1. The van der Waals surface area contributed by atoms with Crippen molar-refractivity contribution in [2.45, 2.75) is 19.4 Å². The summed E-state index contributed by atoms with van der Waals surface area (Å²) in [6, 6.07) is 6.15. The minimum absolute atomic E-state index is 0.0710. The van der Waals surface area contributed by atoms with Gasteiger partial charge in [0.15, 0.2) is 9.84 Å². The molecular formula is C18H23N3O6S. The number of nitrogens with one attached hydrogen (secondary N) is 1. The van der Waals surface area contributed by atoms with Crippen molar-refractivity contribution in [3.05, 3.63) is 24.3 Å². The van der Waals surface area contributed by atoms with E-state index in [-0.39, 0.29) is 56.0 Å². The number of amides is 3. The first-order valence-electron chi connectivity index (χ1n) is 9.07. The second kappa shape index (κ2) is 8.17. The van der Waals surface area contributed by atoms with Crippen molar-refractivity contribution < 1.29 is 27.5 Å². The predicted molar refractivity (Wildman–Crippen MR) is 102 cm³/mol. The van der Waals surface area contributed by atoms with Gasteiger partial charge in [-0.05, 0) is 19.1 Å². The molecular weight excluding hydrogens is 386 g/mol. The Morgan fingerprint density at radius 2 is 1.89 bits per heavy atom. The van der Waals surface area contributed by atoms with Crippen LogP contribution in [0.25, 0.3) is 0 Å². The van der Waals surface area contributed by atoms with Crippen LogP contribution in [-0.4, -0.2) is 74.8 Å². The lowest BCUT2D eigenvalue weighted by Crippen LogP contribution is -2.53. The fourth-order valence-corrected chi connectivity index (χ4v) is 4.39. The first-order valence-corrected chi connectivity index (χ1v) is 10.9. The number of fused-ring (bicyclic) bond motifs is 1. The van der Waals surface area contributed by atoms with Crippen LogP contribution in [0.2, 0.25) is 0 Å². The maximum absolute atomic E-state index is 12.5. The number of carbonyl (C=O) groups is 3. The SMILES string of the molecule is CC(NC(=O)CN1C(=O)CCOc2ccccc21)C(=O)N1CCS(=O)(=O)CC1. The molecule has 0 radical (unpaired) electrons. The van der Waals surface area contributed by atoms with Crippen molar-refractivity contribution in [3.8, 4) is 5.75 Å². The van der Waals surface area contributed by atoms with Crippen LogP contribution in [0.15, 0.2) is 24.3 Å². The highest BCUT2D eigenvalue weighted by atomic mass is 32.2. The van der Waals surface area contributed by atoms with E-state index in [1.54, 1.807) is 31.2 Å². The molecule has 1 fully saturated rings. The number of benzene rings is 1. The van der Waals surface area contributed by atoms with Gasteiger partial charge in [0, 0.05) is 13.1 Å². The lowest BCUT2D eigenvalue weighted by molar-refractivity contribution is -0.135. The van der Waals surface area contributed by atoms with Gasteiger partial charge in [-0.25, -0.2) is 8.42 Å². The molecule has 2 aliphatic rings. The zero-order chi connectivity index (χ0) is 20.3. The van der Waals surface area contributed by atoms with Crippen molar-refractivity contribution in [2.75, 3.05) is 42.6 Å². The topological polar surface area (TPSA) is 113 Å². The fraction of sp³-hybridized carbons (Fsp3) is 0.500. The largest absolute Gasteiger partial charge is 0.491 e. The molecule has 2 aliphatic heterocycles. The van der Waals surface area contributed by atoms with E-state index >= 15 is 0 Å². The molecule has 1 N–H and O–H groups in total. The molecule has 1 aromatic carbocycles. The molecule has 1 aromatic rings. The maximum Gasteiger partial charge on any atom is 0.244 e. The molecule has 0 spiro atoms. The monoisotopic (exact) mass is 409 g/mol. The number of nitrogens with zero attached hydrogens (tertiary/aromatic N) is 2. The number of sulfone groups is 1. The van der Waals surface area contributed by atoms with Crippen LogP contribution in [0.3, 0.4) is 0 Å². The Morgan fingerprint density at radius 1 is 1.21 bits per heavy atom. The quantitative estimate of drug-likeness (QED) is 0.722. The molecule has 152 valence electrons. The number of hydrogen-bond acceptors (Lipinski definition) is 6. The predicted octanol–water partition coefficient (Wildman–Crippen LogP) is -0.436. The van der Waals surface area contributed by atoms with Gasteiger partial charge in [-0.15, -0.1) is 0 Å². The molecule has 0 aliphatic carbocycles. The molecule has 0 bridgehead atoms. The second-order valence-corrected chi connectivity index (χ2v) is 9.12. The fourth-order valence-electron chi connectivity index (χ4n) is 3.19. The molecule has 1 unspecified atom stereocenters. The Balaban J connectivity index is 1.62. The van der Waals surface area contributed by atoms with E-state index in [2.05, 4.69) is 5.32 Å². The van der Waals surface area contributed by atoms with E-state index < -0.39 is 21.8 Å². The Bertz CT molecular complexity index is 871. The molecule has 10 heteroatoms. The molecule has 0 saturated carbocycles. The third-order valence-corrected chi connectivity index (χ3v) is 6.35. The van der Waals surface area contributed by atoms with Gasteiger partial charge < -0.3 is 15.0 Å². The van der Waals surface area contributed by atoms with Gasteiger partial charge in [0.2, 0.25) is 17.7 Å². The highest BCUT2D eigenvalue weighted by Crippen LogP contribution is 2.30. The first-order chi connectivity index (χ1) is 13.3. The first kappa shape index (κ1) is 20.1. The maximum atomic E-state index is 12.5. The highest BCUT2D eigenvalue weighted by molar-refractivity contribution is 7.91. The standard InChI is InChI=1S/C18H23N3O6S/c1-13(18(24)20-7-10-28(25,26)11-8-20)19-16(22)12-21-14-4-2-3-5-15(14)27-9-6-17(21)23/h2-5,13H,6-12H2,1H3,(H,19,22). The molecule has 9 nitrogen and oxygen atoms in total. The summed E-state index contributed by atoms with van der Waals surface area (Å²) in [5.41, 5.74) is 0.514. The number of rotatable bonds is 4. The van der Waals surface area contributed by atoms with Gasteiger partial charge in [0.05, 0.1) is 30.2 Å². The van der Waals surface area contributed by atoms with Crippen molar-refractivity contribution in [1.29, 1.82) is 0 Å². The van der Waals surface area contributed by atoms with E-state index in [9.17, 15) is 22.8 Å². The molecule has 0 aromatic heterocycles. The van der Waals surface area contributed by atoms with E-state index in [1.165, 1.54) is 9.80 Å². The summed E-state index contributed by atoms with van der Waals surface area (Å²) in [4.78, 5) is 40.1. The third kappa shape index (κ3) is 4.61. The number of carbonyl (C=O) groups excluding carboxylic acids is 3. The summed E-state index contributed by atoms with van der Waals surface area (Å²) in [6.07, 6.45) is 0.151. The van der Waals surface area contributed by atoms with Crippen LogP contribution in [0.1, 0.15) is 13.3 Å². The van der Waals surface area contributed by atoms with Crippen LogP contribution in [0.4, 0.5) is 5.69 Å². The number of para-hydroxylation sites is 2. The van der Waals surface area contributed by atoms with Gasteiger partial charge in [-0.3, -0.25) is 19.3 Å². The molecule has 3 rings (SSSR count). The van der Waals surface area contributed by atoms with Crippen LogP contribution in [0.5, 0.6) is 5.75 Å². The Morgan fingerprint density at radius 3 is 2.61 bits per heavy atom. The summed E-state index contributed by atoms with van der Waals surface area (Å²) in [6.45, 7) is 1.80. The van der Waals surface area contributed by atoms with Gasteiger partial charge in [-0.1, -0.05) is 12.1 Å². The zero-order valence-electron chi connectivity index (χ0n) is 15.6. The minimum atomic E-state index is -3.09. The second-order valence-electron chi connectivity index (χ2n) is 6.81. The summed E-state index contributed by atoms with van der Waals surface area (Å²) < 4.78 is 28.5. The summed E-state index contributed by atoms with van der Waals surface area (Å²) in [7, 11) is -3.09. The van der Waals surface area contributed by atoms with Crippen LogP contribution < -0.4 is 15.0 Å². The molecule has 1 atom stereocenters. The van der Waals surface area contributed by atoms with Crippen molar-refractivity contribution in [2.24, 2.45) is 0 Å². The lowest BCUT2D eigenvalue weighted by Gasteiger charge is -2.29. The summed E-state index contributed by atoms with van der Waals surface area (Å²) in [5, 5.41) is 2.60. The smallest absolute Gasteiger partial charge is 0.244 e. The summed E-state index contributed by atoms with van der Waals surface area (Å²) in [5.74, 6) is -0.665. The van der Waals surface area contributed by atoms with Crippen molar-refractivity contribution in [1.82, 2.24) is 10.2 Å². The Hall–Kier alpha value is -2.62. The average molecular weight is 409 g/mol. The van der Waals surface area contributed by atoms with E-state index in [4.69, 9.17) is 4.74 Å². The lowest BCUT2D eigenvalue weighted by atomic mass is 10.2. The van der Waals surface area contributed by atoms with E-state index in [0.717, 1.165) is 0 Å². The van der Waals surface area contributed by atoms with Gasteiger partial charge in [-0.2, -0.15) is 0 Å². The van der Waals surface area contributed by atoms with Gasteiger partial charge in [0.25, 0.3) is 0 Å².